The summed E-state index contributed by atoms with van der Waals surface area (Å²) in [5.41, 5.74) is 14.5. The molecular weight excluding hydrogens is 1240 g/mol. The van der Waals surface area contributed by atoms with Gasteiger partial charge in [-0.05, 0) is 99.9 Å². The predicted molar refractivity (Wildman–Crippen MR) is 400 cm³/mol. The second-order valence-electron chi connectivity index (χ2n) is 29.5. The SMILES string of the molecule is CCCCC[C@H]1c2cc(c3c(c2O)CN([C@H](C)c2ccccc2)CO3)[C@@H](CCCCC)c2cc(c3c(c2O)CN([C@H](C)c2ccccc2)CO3)[C@@H](CCCCC)c2cc(c3c(c2O)CN([C@H](C)c2ccccc2)CO3)[C@@H](CCCCC)c2cc1c1c(c2O)CN([C@H](C)c2ccccc2)CO1. The van der Waals surface area contributed by atoms with E-state index in [-0.39, 0.29) is 47.2 Å². The van der Waals surface area contributed by atoms with Crippen molar-refractivity contribution in [2.45, 2.75) is 232 Å². The number of fused-ring (bicyclic) bond motifs is 16. The number of nitrogens with zero attached hydrogens (tertiary/aromatic N) is 4. The number of phenolic OH excluding ortho intramolecular Hbond substituents is 4. The molecule has 0 saturated heterocycles. The van der Waals surface area contributed by atoms with Crippen LogP contribution in [0, 0.1) is 0 Å². The molecule has 0 amide bonds. The van der Waals surface area contributed by atoms with Crippen molar-refractivity contribution in [2.75, 3.05) is 26.9 Å². The first-order valence-corrected chi connectivity index (χ1v) is 38.0. The maximum atomic E-state index is 13.9. The van der Waals surface area contributed by atoms with Crippen molar-refractivity contribution >= 4 is 0 Å². The molecule has 4 N–H and O–H groups in total. The lowest BCUT2D eigenvalue weighted by Crippen LogP contribution is -2.36. The Morgan fingerprint density at radius 2 is 0.500 bits per heavy atom. The average Bonchev–Trinajstić information content (AvgIpc) is 0.728. The molecule has 100 heavy (non-hydrogen) atoms. The van der Waals surface area contributed by atoms with Crippen LogP contribution in [-0.4, -0.2) is 66.9 Å². The zero-order valence-electron chi connectivity index (χ0n) is 60.7. The fourth-order valence-corrected chi connectivity index (χ4v) is 17.1. The number of unbranched alkanes of at least 4 members (excludes halogenated alkanes) is 8. The highest BCUT2D eigenvalue weighted by atomic mass is 16.5. The Morgan fingerprint density at radius 3 is 0.690 bits per heavy atom. The van der Waals surface area contributed by atoms with Crippen molar-refractivity contribution in [3.05, 3.63) is 235 Å². The number of aromatic hydroxyl groups is 4. The van der Waals surface area contributed by atoms with Crippen LogP contribution in [0.1, 0.15) is 295 Å². The monoisotopic (exact) mass is 1350 g/mol. The standard InChI is InChI=1S/C88H108N4O8/c1-9-13-21-41-65-69-45-74(86-77(81(69)93)49-89(54-98-86)57(5)61-33-25-17-26-34-61)67(43-23-15-11-3)71-47-76(88-79(83(71)95)51-91(56-100-88)59(7)63-37-29-19-30-38-63)68(44-24-16-12-4)72-48-75(87-80(84(72)96)52-92(55-99-87)60(8)64-39-31-20-32-40-64)66(42-22-14-10-2)70-46-73(65)85-78(82(70)94)50-90(53-97-85)58(6)62-35-27-18-28-36-62/h17-20,25-40,45-48,57-60,65-68,93-96H,9-16,21-24,41-44,49-56H2,1-8H3/t57-,58-,59-,60-,65+,66+,67+,68+/m1/s1. The molecule has 5 aliphatic rings. The van der Waals surface area contributed by atoms with Crippen molar-refractivity contribution in [1.29, 1.82) is 0 Å². The summed E-state index contributed by atoms with van der Waals surface area (Å²) in [6, 6.07) is 51.2. The summed E-state index contributed by atoms with van der Waals surface area (Å²) in [7, 11) is 0. The van der Waals surface area contributed by atoms with Gasteiger partial charge in [-0.1, -0.05) is 226 Å². The smallest absolute Gasteiger partial charge is 0.142 e. The van der Waals surface area contributed by atoms with Gasteiger partial charge in [0.1, 0.15) is 72.9 Å². The van der Waals surface area contributed by atoms with Crippen LogP contribution in [0.25, 0.3) is 0 Å². The van der Waals surface area contributed by atoms with E-state index >= 15 is 0 Å². The Labute approximate surface area is 595 Å². The molecular formula is C88H108N4O8. The minimum Gasteiger partial charge on any atom is -0.507 e. The van der Waals surface area contributed by atoms with Crippen LogP contribution in [0.4, 0.5) is 0 Å². The molecule has 0 radical (unpaired) electrons. The van der Waals surface area contributed by atoms with Gasteiger partial charge in [-0.3, -0.25) is 19.6 Å². The number of hydrogen-bond donors (Lipinski definition) is 4. The first-order chi connectivity index (χ1) is 48.8. The zero-order valence-corrected chi connectivity index (χ0v) is 60.7. The second-order valence-corrected chi connectivity index (χ2v) is 29.5. The van der Waals surface area contributed by atoms with Gasteiger partial charge in [-0.2, -0.15) is 0 Å². The molecule has 8 aromatic carbocycles. The number of ether oxygens (including phenoxy) is 4. The average molecular weight is 1350 g/mol. The van der Waals surface area contributed by atoms with E-state index in [9.17, 15) is 20.4 Å². The summed E-state index contributed by atoms with van der Waals surface area (Å²) < 4.78 is 29.3. The lowest BCUT2D eigenvalue weighted by molar-refractivity contribution is 0.0582. The van der Waals surface area contributed by atoms with Crippen molar-refractivity contribution in [3.8, 4) is 46.0 Å². The lowest BCUT2D eigenvalue weighted by Gasteiger charge is -2.40. The molecule has 0 saturated carbocycles. The van der Waals surface area contributed by atoms with Crippen LogP contribution in [0.2, 0.25) is 0 Å². The van der Waals surface area contributed by atoms with Gasteiger partial charge in [0.25, 0.3) is 0 Å². The predicted octanol–water partition coefficient (Wildman–Crippen LogP) is 21.3. The molecule has 0 aromatic heterocycles. The fourth-order valence-electron chi connectivity index (χ4n) is 17.1. The maximum absolute atomic E-state index is 13.9. The van der Waals surface area contributed by atoms with Crippen molar-refractivity contribution in [2.24, 2.45) is 0 Å². The first kappa shape index (κ1) is 70.4. The van der Waals surface area contributed by atoms with Crippen LogP contribution in [0.15, 0.2) is 146 Å². The van der Waals surface area contributed by atoms with Crippen molar-refractivity contribution in [1.82, 2.24) is 19.6 Å². The second kappa shape index (κ2) is 31.9. The Hall–Kier alpha value is -8.00. The van der Waals surface area contributed by atoms with Gasteiger partial charge in [0.15, 0.2) is 0 Å². The molecule has 8 bridgehead atoms. The minimum absolute atomic E-state index is 0.0465. The minimum atomic E-state index is -0.421. The molecule has 0 spiro atoms. The highest BCUT2D eigenvalue weighted by Gasteiger charge is 2.43. The van der Waals surface area contributed by atoms with Crippen LogP contribution in [0.3, 0.4) is 0 Å². The highest BCUT2D eigenvalue weighted by Crippen LogP contribution is 2.59. The Morgan fingerprint density at radius 1 is 0.300 bits per heavy atom. The van der Waals surface area contributed by atoms with E-state index < -0.39 is 23.7 Å². The largest absolute Gasteiger partial charge is 0.507 e. The van der Waals surface area contributed by atoms with Gasteiger partial charge in [-0.15, -0.1) is 0 Å². The van der Waals surface area contributed by atoms with Gasteiger partial charge < -0.3 is 39.4 Å². The summed E-state index contributed by atoms with van der Waals surface area (Å²) in [6.45, 7) is 20.7. The molecule has 8 aromatic rings. The van der Waals surface area contributed by atoms with Gasteiger partial charge in [0.05, 0.1) is 22.3 Å². The third kappa shape index (κ3) is 14.2. The molecule has 4 aliphatic heterocycles. The van der Waals surface area contributed by atoms with E-state index in [1.165, 1.54) is 0 Å². The van der Waals surface area contributed by atoms with E-state index in [1.54, 1.807) is 0 Å². The third-order valence-electron chi connectivity index (χ3n) is 23.3. The Kier molecular flexibility index (Phi) is 22.5. The van der Waals surface area contributed by atoms with E-state index in [4.69, 9.17) is 18.9 Å². The summed E-state index contributed by atoms with van der Waals surface area (Å²) in [5, 5.41) is 55.7. The highest BCUT2D eigenvalue weighted by molar-refractivity contribution is 5.69. The fraction of sp³-hybridized carbons (Fsp3) is 0.455. The quantitative estimate of drug-likeness (QED) is 0.0430. The van der Waals surface area contributed by atoms with Gasteiger partial charge >= 0.3 is 0 Å². The molecule has 12 heteroatoms. The molecule has 1 aliphatic carbocycles. The summed E-state index contributed by atoms with van der Waals surface area (Å²) in [4.78, 5) is 9.29. The first-order valence-electron chi connectivity index (χ1n) is 38.0. The van der Waals surface area contributed by atoms with Crippen molar-refractivity contribution < 1.29 is 39.4 Å². The number of phenols is 4. The van der Waals surface area contributed by atoms with Crippen LogP contribution >= 0.6 is 0 Å². The summed E-state index contributed by atoms with van der Waals surface area (Å²) in [6.07, 6.45) is 14.1. The van der Waals surface area contributed by atoms with Crippen molar-refractivity contribution in [3.63, 3.8) is 0 Å². The van der Waals surface area contributed by atoms with Gasteiger partial charge in [0.2, 0.25) is 0 Å². The number of rotatable bonds is 24. The molecule has 8 atom stereocenters. The van der Waals surface area contributed by atoms with E-state index in [2.05, 4.69) is 221 Å². The lowest BCUT2D eigenvalue weighted by atomic mass is 9.74. The summed E-state index contributed by atoms with van der Waals surface area (Å²) in [5.74, 6) is 1.82. The maximum Gasteiger partial charge on any atom is 0.142 e. The molecule has 13 rings (SSSR count). The molecule has 12 nitrogen and oxygen atoms in total. The van der Waals surface area contributed by atoms with Crippen LogP contribution in [-0.2, 0) is 26.2 Å². The van der Waals surface area contributed by atoms with Gasteiger partial charge in [-0.25, -0.2) is 0 Å². The zero-order chi connectivity index (χ0) is 69.6. The molecule has 0 unspecified atom stereocenters. The number of benzene rings is 8. The third-order valence-corrected chi connectivity index (χ3v) is 23.3. The molecule has 528 valence electrons. The van der Waals surface area contributed by atoms with E-state index in [1.807, 2.05) is 0 Å². The van der Waals surface area contributed by atoms with Crippen LogP contribution in [0.5, 0.6) is 46.0 Å². The normalized spacial score (nSPS) is 19.7. The molecule has 4 heterocycles. The number of hydrogen-bond acceptors (Lipinski definition) is 12. The Balaban J connectivity index is 1.14. The summed E-state index contributed by atoms with van der Waals surface area (Å²) >= 11 is 0. The topological polar surface area (TPSA) is 131 Å². The van der Waals surface area contributed by atoms with E-state index in [0.717, 1.165) is 166 Å². The van der Waals surface area contributed by atoms with Crippen LogP contribution < -0.4 is 18.9 Å². The van der Waals surface area contributed by atoms with Gasteiger partial charge in [0, 0.05) is 119 Å². The van der Waals surface area contributed by atoms with E-state index in [0.29, 0.717) is 102 Å². The Bertz CT molecular complexity index is 3550. The molecule has 0 fully saturated rings.